The molecule has 148 valence electrons. The average molecular weight is 400 g/mol. The van der Waals surface area contributed by atoms with Crippen LogP contribution in [0.4, 0.5) is 4.39 Å². The molecule has 7 heteroatoms. The topological polar surface area (TPSA) is 114 Å². The summed E-state index contributed by atoms with van der Waals surface area (Å²) in [5.41, 5.74) is -3.31. The van der Waals surface area contributed by atoms with Gasteiger partial charge in [0.05, 0.1) is 24.1 Å². The molecule has 2 bridgehead atoms. The Kier molecular flexibility index (Phi) is 4.35. The van der Waals surface area contributed by atoms with Crippen molar-refractivity contribution in [1.82, 2.24) is 0 Å². The third-order valence-electron chi connectivity index (χ3n) is 6.19. The van der Waals surface area contributed by atoms with Crippen molar-refractivity contribution in [2.45, 2.75) is 25.2 Å². The van der Waals surface area contributed by atoms with Crippen LogP contribution >= 0.6 is 0 Å². The van der Waals surface area contributed by atoms with E-state index in [4.69, 9.17) is 14.9 Å². The minimum atomic E-state index is -2.18. The summed E-state index contributed by atoms with van der Waals surface area (Å²) in [6.07, 6.45) is -1.17. The van der Waals surface area contributed by atoms with Gasteiger partial charge in [-0.25, -0.2) is 4.39 Å². The van der Waals surface area contributed by atoms with Crippen LogP contribution in [0.3, 0.4) is 0 Å². The standard InChI is InChI=1S/C23H17FN4O2/c1-21-18(11-15-7-3-2-4-8-15)23(14-27,20(28)30-21)22(12-25,13-26)19(29-21)16-9-5-6-10-17(16)24/h2-10,18-19,28H,11H2,1H3. The van der Waals surface area contributed by atoms with E-state index < -0.39 is 40.4 Å². The average Bonchev–Trinajstić information content (AvgIpc) is 2.91. The zero-order valence-electron chi connectivity index (χ0n) is 16.1. The highest BCUT2D eigenvalue weighted by Gasteiger charge is 2.79. The second-order valence-electron chi connectivity index (χ2n) is 7.66. The monoisotopic (exact) mass is 400 g/mol. The Morgan fingerprint density at radius 3 is 2.23 bits per heavy atom. The van der Waals surface area contributed by atoms with Gasteiger partial charge in [-0.05, 0) is 18.1 Å². The van der Waals surface area contributed by atoms with E-state index in [1.54, 1.807) is 13.0 Å². The quantitative estimate of drug-likeness (QED) is 0.836. The number of ether oxygens (including phenoxy) is 2. The number of rotatable bonds is 3. The summed E-state index contributed by atoms with van der Waals surface area (Å²) in [4.78, 5) is 0. The summed E-state index contributed by atoms with van der Waals surface area (Å²) in [6.45, 7) is 1.57. The van der Waals surface area contributed by atoms with Gasteiger partial charge in [-0.1, -0.05) is 48.5 Å². The van der Waals surface area contributed by atoms with Crippen LogP contribution in [0.5, 0.6) is 0 Å². The van der Waals surface area contributed by atoms with Crippen LogP contribution in [-0.4, -0.2) is 11.7 Å². The molecule has 4 unspecified atom stereocenters. The predicted octanol–water partition coefficient (Wildman–Crippen LogP) is 4.02. The lowest BCUT2D eigenvalue weighted by Gasteiger charge is -2.48. The first-order valence-corrected chi connectivity index (χ1v) is 9.36. The first-order chi connectivity index (χ1) is 14.4. The summed E-state index contributed by atoms with van der Waals surface area (Å²) >= 11 is 0. The number of benzene rings is 2. The third-order valence-corrected chi connectivity index (χ3v) is 6.19. The van der Waals surface area contributed by atoms with E-state index in [1.807, 2.05) is 42.5 Å². The molecule has 0 spiro atoms. The molecule has 2 aromatic rings. The fourth-order valence-electron chi connectivity index (χ4n) is 4.70. The zero-order valence-corrected chi connectivity index (χ0v) is 16.1. The van der Waals surface area contributed by atoms with Crippen LogP contribution in [0.2, 0.25) is 0 Å². The van der Waals surface area contributed by atoms with Crippen LogP contribution < -0.4 is 0 Å². The SMILES string of the molecule is CC12OC(=N)C(C#N)(C1Cc1ccccc1)C(C#N)(C#N)C(c1ccccc1F)O2. The second-order valence-corrected chi connectivity index (χ2v) is 7.66. The normalized spacial score (nSPS) is 31.1. The molecule has 0 aromatic heterocycles. The number of fused-ring (bicyclic) bond motifs is 2. The molecular weight excluding hydrogens is 383 g/mol. The van der Waals surface area contributed by atoms with Crippen molar-refractivity contribution >= 4 is 5.90 Å². The molecule has 0 amide bonds. The molecule has 4 rings (SSSR count). The van der Waals surface area contributed by atoms with Crippen molar-refractivity contribution in [3.8, 4) is 18.2 Å². The van der Waals surface area contributed by atoms with E-state index in [1.165, 1.54) is 18.2 Å². The van der Waals surface area contributed by atoms with Gasteiger partial charge in [-0.2, -0.15) is 15.8 Å². The molecule has 2 fully saturated rings. The lowest BCUT2D eigenvalue weighted by Crippen LogP contribution is -2.59. The Morgan fingerprint density at radius 1 is 1.00 bits per heavy atom. The highest BCUT2D eigenvalue weighted by atomic mass is 19.1. The Bertz CT molecular complexity index is 1130. The number of nitriles is 3. The predicted molar refractivity (Wildman–Crippen MR) is 103 cm³/mol. The molecule has 2 aromatic carbocycles. The Balaban J connectivity index is 1.97. The van der Waals surface area contributed by atoms with E-state index in [0.717, 1.165) is 5.56 Å². The molecule has 1 N–H and O–H groups in total. The summed E-state index contributed by atoms with van der Waals surface area (Å²) < 4.78 is 26.5. The number of halogens is 1. The fraction of sp³-hybridized carbons (Fsp3) is 0.304. The van der Waals surface area contributed by atoms with Crippen molar-refractivity contribution in [1.29, 1.82) is 21.2 Å². The van der Waals surface area contributed by atoms with E-state index in [0.29, 0.717) is 0 Å². The molecular formula is C23H17FN4O2. The van der Waals surface area contributed by atoms with Gasteiger partial charge in [0.2, 0.25) is 17.1 Å². The molecule has 0 saturated carbocycles. The van der Waals surface area contributed by atoms with Gasteiger partial charge in [0, 0.05) is 12.5 Å². The fourth-order valence-corrected chi connectivity index (χ4v) is 4.70. The van der Waals surface area contributed by atoms with Gasteiger partial charge in [0.1, 0.15) is 11.9 Å². The minimum absolute atomic E-state index is 0.0251. The summed E-state index contributed by atoms with van der Waals surface area (Å²) in [7, 11) is 0. The van der Waals surface area contributed by atoms with Gasteiger partial charge >= 0.3 is 0 Å². The van der Waals surface area contributed by atoms with Crippen molar-refractivity contribution in [3.63, 3.8) is 0 Å². The highest BCUT2D eigenvalue weighted by Crippen LogP contribution is 2.67. The first kappa shape index (κ1) is 19.6. The van der Waals surface area contributed by atoms with E-state index in [2.05, 4.69) is 6.07 Å². The molecule has 2 aliphatic rings. The molecule has 0 radical (unpaired) electrons. The smallest absolute Gasteiger partial charge is 0.215 e. The lowest BCUT2D eigenvalue weighted by atomic mass is 9.52. The number of hydrogen-bond donors (Lipinski definition) is 1. The van der Waals surface area contributed by atoms with E-state index in [9.17, 15) is 20.2 Å². The summed E-state index contributed by atoms with van der Waals surface area (Å²) in [6, 6.07) is 20.8. The Labute approximate surface area is 173 Å². The van der Waals surface area contributed by atoms with Crippen LogP contribution in [0.25, 0.3) is 0 Å². The maximum atomic E-state index is 14.7. The van der Waals surface area contributed by atoms with Crippen molar-refractivity contribution in [3.05, 3.63) is 71.5 Å². The Morgan fingerprint density at radius 2 is 1.63 bits per heavy atom. The number of nitrogens with zero attached hydrogens (tertiary/aromatic N) is 3. The van der Waals surface area contributed by atoms with Gasteiger partial charge in [0.25, 0.3) is 0 Å². The van der Waals surface area contributed by atoms with Crippen LogP contribution in [-0.2, 0) is 15.9 Å². The molecule has 2 saturated heterocycles. The summed E-state index contributed by atoms with van der Waals surface area (Å²) in [5.74, 6) is -3.49. The molecule has 2 heterocycles. The van der Waals surface area contributed by atoms with E-state index >= 15 is 0 Å². The molecule has 0 aliphatic carbocycles. The molecule has 2 aliphatic heterocycles. The maximum absolute atomic E-state index is 14.7. The van der Waals surface area contributed by atoms with E-state index in [-0.39, 0.29) is 12.0 Å². The van der Waals surface area contributed by atoms with Crippen molar-refractivity contribution in [2.75, 3.05) is 0 Å². The first-order valence-electron chi connectivity index (χ1n) is 9.36. The third kappa shape index (κ3) is 2.32. The Hall–Kier alpha value is -3.73. The van der Waals surface area contributed by atoms with Crippen molar-refractivity contribution in [2.24, 2.45) is 16.7 Å². The van der Waals surface area contributed by atoms with Crippen molar-refractivity contribution < 1.29 is 13.9 Å². The second kappa shape index (κ2) is 6.66. The summed E-state index contributed by atoms with van der Waals surface area (Å²) in [5, 5.41) is 39.2. The van der Waals surface area contributed by atoms with Gasteiger partial charge < -0.3 is 9.47 Å². The zero-order chi connectivity index (χ0) is 21.6. The number of hydrogen-bond acceptors (Lipinski definition) is 6. The largest absolute Gasteiger partial charge is 0.448 e. The van der Waals surface area contributed by atoms with Crippen LogP contribution in [0, 0.1) is 62.0 Å². The molecule has 30 heavy (non-hydrogen) atoms. The number of nitrogens with one attached hydrogen (secondary N) is 1. The maximum Gasteiger partial charge on any atom is 0.215 e. The highest BCUT2D eigenvalue weighted by molar-refractivity contribution is 5.89. The van der Waals surface area contributed by atoms with Crippen LogP contribution in [0.1, 0.15) is 24.2 Å². The van der Waals surface area contributed by atoms with Gasteiger partial charge in [-0.3, -0.25) is 5.41 Å². The van der Waals surface area contributed by atoms with Crippen LogP contribution in [0.15, 0.2) is 54.6 Å². The lowest BCUT2D eigenvalue weighted by molar-refractivity contribution is -0.273. The minimum Gasteiger partial charge on any atom is -0.448 e. The molecule has 4 atom stereocenters. The van der Waals surface area contributed by atoms with Gasteiger partial charge in [-0.15, -0.1) is 0 Å². The van der Waals surface area contributed by atoms with Gasteiger partial charge in [0.15, 0.2) is 5.41 Å². The molecule has 6 nitrogen and oxygen atoms in total.